The smallest absolute Gasteiger partial charge is 0.322 e. The van der Waals surface area contributed by atoms with Crippen molar-refractivity contribution in [2.45, 2.75) is 44.4 Å². The van der Waals surface area contributed by atoms with E-state index in [4.69, 9.17) is 4.74 Å². The Labute approximate surface area is 181 Å². The van der Waals surface area contributed by atoms with Gasteiger partial charge in [-0.15, -0.1) is 0 Å². The summed E-state index contributed by atoms with van der Waals surface area (Å²) in [6, 6.07) is 16.4. The van der Waals surface area contributed by atoms with Gasteiger partial charge in [0.05, 0.1) is 6.10 Å². The Bertz CT molecular complexity index is 934. The molecule has 31 heavy (non-hydrogen) atoms. The van der Waals surface area contributed by atoms with Crippen LogP contribution in [0.5, 0.6) is 5.75 Å². The zero-order chi connectivity index (χ0) is 22.3. The minimum atomic E-state index is -0.989. The van der Waals surface area contributed by atoms with Gasteiger partial charge >= 0.3 is 6.03 Å². The van der Waals surface area contributed by atoms with Gasteiger partial charge in [0.2, 0.25) is 5.91 Å². The van der Waals surface area contributed by atoms with E-state index in [9.17, 15) is 19.5 Å². The molecule has 0 spiro atoms. The van der Waals surface area contributed by atoms with Gasteiger partial charge in [-0.05, 0) is 43.0 Å². The number of nitrogens with one attached hydrogen (secondary N) is 3. The van der Waals surface area contributed by atoms with Gasteiger partial charge in [-0.2, -0.15) is 0 Å². The van der Waals surface area contributed by atoms with Crippen LogP contribution in [0.3, 0.4) is 0 Å². The third-order valence-corrected chi connectivity index (χ3v) is 5.18. The Balaban J connectivity index is 1.41. The summed E-state index contributed by atoms with van der Waals surface area (Å²) in [6.45, 7) is 2.12. The maximum atomic E-state index is 12.1. The zero-order valence-electron chi connectivity index (χ0n) is 17.4. The summed E-state index contributed by atoms with van der Waals surface area (Å²) >= 11 is 0. The van der Waals surface area contributed by atoms with Crippen LogP contribution < -0.4 is 20.7 Å². The molecule has 2 unspecified atom stereocenters. The second-order valence-electron chi connectivity index (χ2n) is 7.76. The molecule has 0 aliphatic carbocycles. The van der Waals surface area contributed by atoms with Crippen molar-refractivity contribution in [3.63, 3.8) is 0 Å². The zero-order valence-corrected chi connectivity index (χ0v) is 17.4. The second kappa shape index (κ2) is 10.1. The number of aliphatic hydroxyl groups excluding tert-OH is 1. The number of urea groups is 1. The fraction of sp³-hybridized carbons (Fsp3) is 0.348. The van der Waals surface area contributed by atoms with Crippen molar-refractivity contribution < 1.29 is 24.2 Å². The lowest BCUT2D eigenvalue weighted by molar-refractivity contribution is -0.125. The van der Waals surface area contributed by atoms with Crippen molar-refractivity contribution in [1.29, 1.82) is 0 Å². The van der Waals surface area contributed by atoms with Gasteiger partial charge in [0, 0.05) is 13.0 Å². The maximum absolute atomic E-state index is 12.1. The first-order chi connectivity index (χ1) is 14.9. The first-order valence-corrected chi connectivity index (χ1v) is 10.2. The molecule has 1 aliphatic rings. The van der Waals surface area contributed by atoms with Crippen molar-refractivity contribution in [2.24, 2.45) is 0 Å². The molecule has 2 atom stereocenters. The summed E-state index contributed by atoms with van der Waals surface area (Å²) in [5.74, 6) is 0.0171. The van der Waals surface area contributed by atoms with Gasteiger partial charge < -0.3 is 20.5 Å². The Morgan fingerprint density at radius 2 is 1.94 bits per heavy atom. The summed E-state index contributed by atoms with van der Waals surface area (Å²) < 4.78 is 5.78. The fourth-order valence-corrected chi connectivity index (χ4v) is 3.33. The highest BCUT2D eigenvalue weighted by Crippen LogP contribution is 2.21. The highest BCUT2D eigenvalue weighted by molar-refractivity contribution is 6.06. The lowest BCUT2D eigenvalue weighted by Crippen LogP contribution is -2.43. The normalized spacial score (nSPS) is 18.8. The first-order valence-electron chi connectivity index (χ1n) is 10.2. The average Bonchev–Trinajstić information content (AvgIpc) is 3.02. The SMILES string of the molecule is CC1(CCCC(=O)NCC(O)c2cccc(OCc3ccccc3)c2)NC(=O)NC1=O. The van der Waals surface area contributed by atoms with Crippen LogP contribution in [0.4, 0.5) is 4.79 Å². The van der Waals surface area contributed by atoms with Crippen molar-refractivity contribution in [3.8, 4) is 5.75 Å². The number of carbonyl (C=O) groups is 3. The van der Waals surface area contributed by atoms with E-state index in [0.29, 0.717) is 30.8 Å². The Morgan fingerprint density at radius 1 is 1.16 bits per heavy atom. The number of ether oxygens (including phenoxy) is 1. The number of carbonyl (C=O) groups excluding carboxylic acids is 3. The lowest BCUT2D eigenvalue weighted by atomic mass is 9.95. The largest absolute Gasteiger partial charge is 0.489 e. The van der Waals surface area contributed by atoms with E-state index in [0.717, 1.165) is 5.56 Å². The molecule has 0 saturated carbocycles. The highest BCUT2D eigenvalue weighted by atomic mass is 16.5. The topological polar surface area (TPSA) is 117 Å². The van der Waals surface area contributed by atoms with Gasteiger partial charge in [0.25, 0.3) is 5.91 Å². The molecule has 0 bridgehead atoms. The van der Waals surface area contributed by atoms with Crippen molar-refractivity contribution in [3.05, 3.63) is 65.7 Å². The summed E-state index contributed by atoms with van der Waals surface area (Å²) in [5, 5.41) is 17.9. The molecule has 1 heterocycles. The first kappa shape index (κ1) is 22.3. The van der Waals surface area contributed by atoms with E-state index >= 15 is 0 Å². The van der Waals surface area contributed by atoms with Crippen LogP contribution in [0, 0.1) is 0 Å². The van der Waals surface area contributed by atoms with Crippen LogP contribution in [0.25, 0.3) is 0 Å². The number of benzene rings is 2. The van der Waals surface area contributed by atoms with Gasteiger partial charge in [-0.3, -0.25) is 14.9 Å². The molecule has 164 valence electrons. The van der Waals surface area contributed by atoms with E-state index in [2.05, 4.69) is 16.0 Å². The Hall–Kier alpha value is -3.39. The predicted molar refractivity (Wildman–Crippen MR) is 114 cm³/mol. The molecule has 8 heteroatoms. The van der Waals surface area contributed by atoms with E-state index in [1.807, 2.05) is 36.4 Å². The molecule has 1 saturated heterocycles. The minimum absolute atomic E-state index is 0.0649. The van der Waals surface area contributed by atoms with E-state index < -0.39 is 17.7 Å². The van der Waals surface area contributed by atoms with Crippen molar-refractivity contribution in [2.75, 3.05) is 6.54 Å². The Kier molecular flexibility index (Phi) is 7.25. The van der Waals surface area contributed by atoms with Gasteiger partial charge in [-0.25, -0.2) is 4.79 Å². The van der Waals surface area contributed by atoms with Crippen molar-refractivity contribution in [1.82, 2.24) is 16.0 Å². The molecule has 3 rings (SSSR count). The van der Waals surface area contributed by atoms with Gasteiger partial charge in [0.1, 0.15) is 17.9 Å². The fourth-order valence-electron chi connectivity index (χ4n) is 3.33. The van der Waals surface area contributed by atoms with Crippen LogP contribution in [-0.2, 0) is 16.2 Å². The molecule has 0 aromatic heterocycles. The third-order valence-electron chi connectivity index (χ3n) is 5.18. The number of amides is 4. The lowest BCUT2D eigenvalue weighted by Gasteiger charge is -2.20. The molecule has 8 nitrogen and oxygen atoms in total. The van der Waals surface area contributed by atoms with Crippen LogP contribution in [0.1, 0.15) is 43.4 Å². The number of hydrogen-bond donors (Lipinski definition) is 4. The number of hydrogen-bond acceptors (Lipinski definition) is 5. The second-order valence-corrected chi connectivity index (χ2v) is 7.76. The Morgan fingerprint density at radius 3 is 2.65 bits per heavy atom. The number of rotatable bonds is 10. The molecular formula is C23H27N3O5. The maximum Gasteiger partial charge on any atom is 0.322 e. The third kappa shape index (κ3) is 6.29. The molecule has 4 N–H and O–H groups in total. The molecular weight excluding hydrogens is 398 g/mol. The van der Waals surface area contributed by atoms with Crippen LogP contribution in [-0.4, -0.2) is 35.0 Å². The average molecular weight is 425 g/mol. The molecule has 1 aliphatic heterocycles. The molecule has 2 aromatic carbocycles. The summed E-state index contributed by atoms with van der Waals surface area (Å²) in [5.41, 5.74) is 0.699. The summed E-state index contributed by atoms with van der Waals surface area (Å²) in [7, 11) is 0. The number of imide groups is 1. The van der Waals surface area contributed by atoms with E-state index in [1.165, 1.54) is 0 Å². The van der Waals surface area contributed by atoms with Crippen molar-refractivity contribution >= 4 is 17.8 Å². The number of aliphatic hydroxyl groups is 1. The predicted octanol–water partition coefficient (Wildman–Crippen LogP) is 2.18. The van der Waals surface area contributed by atoms with Gasteiger partial charge in [0.15, 0.2) is 0 Å². The molecule has 1 fully saturated rings. The highest BCUT2D eigenvalue weighted by Gasteiger charge is 2.41. The summed E-state index contributed by atoms with van der Waals surface area (Å²) in [4.78, 5) is 35.1. The molecule has 0 radical (unpaired) electrons. The van der Waals surface area contributed by atoms with Crippen LogP contribution in [0.2, 0.25) is 0 Å². The van der Waals surface area contributed by atoms with Gasteiger partial charge in [-0.1, -0.05) is 42.5 Å². The van der Waals surface area contributed by atoms with Crippen LogP contribution in [0.15, 0.2) is 54.6 Å². The summed E-state index contributed by atoms with van der Waals surface area (Å²) in [6.07, 6.45) is 0.0868. The molecule has 2 aromatic rings. The van der Waals surface area contributed by atoms with E-state index in [-0.39, 0.29) is 24.8 Å². The molecule has 4 amide bonds. The van der Waals surface area contributed by atoms with Crippen LogP contribution >= 0.6 is 0 Å². The standard InChI is InChI=1S/C23H27N3O5/c1-23(21(29)25-22(30)26-23)12-6-11-20(28)24-14-19(27)17-9-5-10-18(13-17)31-15-16-7-3-2-4-8-16/h2-5,7-10,13,19,27H,6,11-12,14-15H2,1H3,(H,24,28)(H2,25,26,29,30). The quantitative estimate of drug-likeness (QED) is 0.436. The van der Waals surface area contributed by atoms with E-state index in [1.54, 1.807) is 25.1 Å². The minimum Gasteiger partial charge on any atom is -0.489 e. The monoisotopic (exact) mass is 425 g/mol.